The van der Waals surface area contributed by atoms with Crippen molar-refractivity contribution in [3.05, 3.63) is 34.3 Å². The normalized spacial score (nSPS) is 22.0. The third kappa shape index (κ3) is 5.38. The molecule has 2 unspecified atom stereocenters. The van der Waals surface area contributed by atoms with E-state index < -0.39 is 5.60 Å². The van der Waals surface area contributed by atoms with Gasteiger partial charge < -0.3 is 14.4 Å². The fourth-order valence-corrected chi connectivity index (χ4v) is 3.33. The second-order valence-corrected chi connectivity index (χ2v) is 8.89. The van der Waals surface area contributed by atoms with Crippen molar-refractivity contribution in [3.63, 3.8) is 0 Å². The number of ether oxygens (including phenoxy) is 2. The molecule has 1 aromatic rings. The SMILES string of the molecule is CC(C)(C)OC(=O)N1CC(I)C(OCc2ccc(Br)cc2)C1. The molecule has 1 aromatic carbocycles. The van der Waals surface area contributed by atoms with E-state index in [0.29, 0.717) is 19.7 Å². The molecule has 122 valence electrons. The van der Waals surface area contributed by atoms with Crippen molar-refractivity contribution >= 4 is 44.6 Å². The van der Waals surface area contributed by atoms with Crippen LogP contribution in [0.4, 0.5) is 4.79 Å². The van der Waals surface area contributed by atoms with E-state index in [1.54, 1.807) is 4.90 Å². The van der Waals surface area contributed by atoms with Crippen LogP contribution in [-0.4, -0.2) is 39.7 Å². The lowest BCUT2D eigenvalue weighted by Gasteiger charge is -2.24. The first kappa shape index (κ1) is 18.0. The van der Waals surface area contributed by atoms with Crippen LogP contribution in [0, 0.1) is 0 Å². The summed E-state index contributed by atoms with van der Waals surface area (Å²) in [6, 6.07) is 8.07. The summed E-state index contributed by atoms with van der Waals surface area (Å²) in [6.07, 6.45) is -0.222. The zero-order chi connectivity index (χ0) is 16.3. The number of carbonyl (C=O) groups excluding carboxylic acids is 1. The molecule has 2 rings (SSSR count). The molecule has 1 saturated heterocycles. The number of amides is 1. The van der Waals surface area contributed by atoms with E-state index >= 15 is 0 Å². The van der Waals surface area contributed by atoms with Crippen molar-refractivity contribution in [2.45, 2.75) is 43.0 Å². The van der Waals surface area contributed by atoms with Gasteiger partial charge in [-0.1, -0.05) is 50.7 Å². The van der Waals surface area contributed by atoms with Crippen LogP contribution in [0.25, 0.3) is 0 Å². The summed E-state index contributed by atoms with van der Waals surface area (Å²) < 4.78 is 12.7. The fourth-order valence-electron chi connectivity index (χ4n) is 2.15. The Morgan fingerprint density at radius 3 is 2.55 bits per heavy atom. The quantitative estimate of drug-likeness (QED) is 0.474. The van der Waals surface area contributed by atoms with Crippen molar-refractivity contribution < 1.29 is 14.3 Å². The number of likely N-dealkylation sites (tertiary alicyclic amines) is 1. The van der Waals surface area contributed by atoms with Crippen molar-refractivity contribution in [2.24, 2.45) is 0 Å². The maximum absolute atomic E-state index is 12.1. The minimum atomic E-state index is -0.464. The Morgan fingerprint density at radius 1 is 1.32 bits per heavy atom. The van der Waals surface area contributed by atoms with Gasteiger partial charge in [-0.3, -0.25) is 0 Å². The highest BCUT2D eigenvalue weighted by molar-refractivity contribution is 14.1. The summed E-state index contributed by atoms with van der Waals surface area (Å²) in [4.78, 5) is 13.8. The lowest BCUT2D eigenvalue weighted by Crippen LogP contribution is -2.36. The number of carbonyl (C=O) groups is 1. The summed E-state index contributed by atoms with van der Waals surface area (Å²) in [6.45, 7) is 7.44. The summed E-state index contributed by atoms with van der Waals surface area (Å²) >= 11 is 5.77. The maximum Gasteiger partial charge on any atom is 0.410 e. The summed E-state index contributed by atoms with van der Waals surface area (Å²) in [5, 5.41) is 0. The van der Waals surface area contributed by atoms with Gasteiger partial charge in [0.25, 0.3) is 0 Å². The van der Waals surface area contributed by atoms with Gasteiger partial charge in [-0.15, -0.1) is 0 Å². The fraction of sp³-hybridized carbons (Fsp3) is 0.562. The van der Waals surface area contributed by atoms with Crippen LogP contribution in [0.1, 0.15) is 26.3 Å². The van der Waals surface area contributed by atoms with Gasteiger partial charge in [0.1, 0.15) is 5.60 Å². The van der Waals surface area contributed by atoms with Crippen molar-refractivity contribution in [3.8, 4) is 0 Å². The number of halogens is 2. The minimum absolute atomic E-state index is 0.0387. The molecule has 0 aliphatic carbocycles. The van der Waals surface area contributed by atoms with Crippen molar-refractivity contribution in [1.29, 1.82) is 0 Å². The van der Waals surface area contributed by atoms with E-state index in [1.165, 1.54) is 0 Å². The second-order valence-electron chi connectivity index (χ2n) is 6.38. The van der Waals surface area contributed by atoms with Crippen LogP contribution < -0.4 is 0 Å². The molecule has 0 saturated carbocycles. The van der Waals surface area contributed by atoms with E-state index in [4.69, 9.17) is 9.47 Å². The van der Waals surface area contributed by atoms with Gasteiger partial charge in [0, 0.05) is 11.0 Å². The molecule has 1 aliphatic heterocycles. The van der Waals surface area contributed by atoms with Gasteiger partial charge in [0.15, 0.2) is 0 Å². The van der Waals surface area contributed by atoms with Crippen LogP contribution in [0.15, 0.2) is 28.7 Å². The molecule has 22 heavy (non-hydrogen) atoms. The van der Waals surface area contributed by atoms with Crippen molar-refractivity contribution in [1.82, 2.24) is 4.90 Å². The predicted octanol–water partition coefficient (Wildman–Crippen LogP) is 4.39. The van der Waals surface area contributed by atoms with E-state index in [1.807, 2.05) is 45.0 Å². The monoisotopic (exact) mass is 481 g/mol. The number of hydrogen-bond acceptors (Lipinski definition) is 3. The third-order valence-electron chi connectivity index (χ3n) is 3.23. The average Bonchev–Trinajstić information content (AvgIpc) is 2.78. The largest absolute Gasteiger partial charge is 0.444 e. The van der Waals surface area contributed by atoms with Crippen LogP contribution in [0.2, 0.25) is 0 Å². The molecule has 0 N–H and O–H groups in total. The van der Waals surface area contributed by atoms with E-state index in [-0.39, 0.29) is 16.1 Å². The lowest BCUT2D eigenvalue weighted by molar-refractivity contribution is 0.0190. The maximum atomic E-state index is 12.1. The molecular formula is C16H21BrINO3. The highest BCUT2D eigenvalue weighted by atomic mass is 127. The molecule has 4 nitrogen and oxygen atoms in total. The number of benzene rings is 1. The molecule has 0 aromatic heterocycles. The van der Waals surface area contributed by atoms with E-state index in [2.05, 4.69) is 38.5 Å². The van der Waals surface area contributed by atoms with E-state index in [9.17, 15) is 4.79 Å². The zero-order valence-electron chi connectivity index (χ0n) is 13.0. The lowest BCUT2D eigenvalue weighted by atomic mass is 10.2. The second kappa shape index (κ2) is 7.49. The predicted molar refractivity (Wildman–Crippen MR) is 98.3 cm³/mol. The molecule has 1 amide bonds. The number of nitrogens with zero attached hydrogens (tertiary/aromatic N) is 1. The van der Waals surface area contributed by atoms with Crippen molar-refractivity contribution in [2.75, 3.05) is 13.1 Å². The van der Waals surface area contributed by atoms with Gasteiger partial charge >= 0.3 is 6.09 Å². The molecule has 1 heterocycles. The zero-order valence-corrected chi connectivity index (χ0v) is 16.8. The van der Waals surface area contributed by atoms with E-state index in [0.717, 1.165) is 10.0 Å². The van der Waals surface area contributed by atoms with Crippen LogP contribution in [0.3, 0.4) is 0 Å². The Balaban J connectivity index is 1.85. The number of rotatable bonds is 3. The Bertz CT molecular complexity index is 515. The minimum Gasteiger partial charge on any atom is -0.444 e. The molecule has 1 fully saturated rings. The van der Waals surface area contributed by atoms with Crippen LogP contribution >= 0.6 is 38.5 Å². The topological polar surface area (TPSA) is 38.8 Å². The highest BCUT2D eigenvalue weighted by Crippen LogP contribution is 2.24. The Hall–Kier alpha value is -0.340. The number of alkyl halides is 1. The summed E-state index contributed by atoms with van der Waals surface area (Å²) in [7, 11) is 0. The first-order valence-electron chi connectivity index (χ1n) is 7.22. The molecular weight excluding hydrogens is 461 g/mol. The van der Waals surface area contributed by atoms with Gasteiger partial charge in [-0.25, -0.2) is 4.79 Å². The van der Waals surface area contributed by atoms with Gasteiger partial charge in [0.2, 0.25) is 0 Å². The highest BCUT2D eigenvalue weighted by Gasteiger charge is 2.36. The first-order chi connectivity index (χ1) is 10.2. The molecule has 0 radical (unpaired) electrons. The summed E-state index contributed by atoms with van der Waals surface area (Å²) in [5.74, 6) is 0. The molecule has 2 atom stereocenters. The van der Waals surface area contributed by atoms with Crippen LogP contribution in [0.5, 0.6) is 0 Å². The molecule has 0 spiro atoms. The molecule has 1 aliphatic rings. The smallest absolute Gasteiger partial charge is 0.410 e. The Kier molecular flexibility index (Phi) is 6.13. The van der Waals surface area contributed by atoms with Gasteiger partial charge in [-0.2, -0.15) is 0 Å². The Morgan fingerprint density at radius 2 is 1.95 bits per heavy atom. The van der Waals surface area contributed by atoms with Gasteiger partial charge in [0.05, 0.1) is 23.2 Å². The Labute approximate surface area is 153 Å². The van der Waals surface area contributed by atoms with Gasteiger partial charge in [-0.05, 0) is 38.5 Å². The summed E-state index contributed by atoms with van der Waals surface area (Å²) in [5.41, 5.74) is 0.663. The standard InChI is InChI=1S/C16H21BrINO3/c1-16(2,3)22-15(20)19-8-13(18)14(9-19)21-10-11-4-6-12(17)7-5-11/h4-7,13-14H,8-10H2,1-3H3. The first-order valence-corrected chi connectivity index (χ1v) is 9.26. The molecule has 0 bridgehead atoms. The average molecular weight is 482 g/mol. The van der Waals surface area contributed by atoms with Crippen LogP contribution in [-0.2, 0) is 16.1 Å². The number of hydrogen-bond donors (Lipinski definition) is 0. The third-order valence-corrected chi connectivity index (χ3v) is 4.95. The molecule has 6 heteroatoms.